The van der Waals surface area contributed by atoms with Crippen LogP contribution in [0.3, 0.4) is 0 Å². The Morgan fingerprint density at radius 1 is 1.40 bits per heavy atom. The van der Waals surface area contributed by atoms with Crippen LogP contribution in [-0.4, -0.2) is 43.1 Å². The van der Waals surface area contributed by atoms with Gasteiger partial charge in [0.25, 0.3) is 0 Å². The molecule has 0 saturated carbocycles. The molecule has 2 rings (SSSR count). The van der Waals surface area contributed by atoms with Crippen molar-refractivity contribution in [2.45, 2.75) is 33.2 Å². The molecule has 1 N–H and O–H groups in total. The summed E-state index contributed by atoms with van der Waals surface area (Å²) in [5.74, 6) is 1.84. The third kappa shape index (κ3) is 6.38. The minimum Gasteiger partial charge on any atom is -0.497 e. The predicted octanol–water partition coefficient (Wildman–Crippen LogP) is 3.49. The molecule has 0 fully saturated rings. The predicted molar refractivity (Wildman–Crippen MR) is 106 cm³/mol. The van der Waals surface area contributed by atoms with Gasteiger partial charge in [0.2, 0.25) is 0 Å². The molecule has 0 aliphatic carbocycles. The van der Waals surface area contributed by atoms with Gasteiger partial charge in [-0.05, 0) is 44.4 Å². The molecule has 0 saturated heterocycles. The number of thiazole rings is 1. The summed E-state index contributed by atoms with van der Waals surface area (Å²) in [7, 11) is 3.75. The van der Waals surface area contributed by atoms with Crippen molar-refractivity contribution in [2.75, 3.05) is 27.2 Å². The second-order valence-corrected chi connectivity index (χ2v) is 6.97. The Morgan fingerprint density at radius 2 is 2.24 bits per heavy atom. The summed E-state index contributed by atoms with van der Waals surface area (Å²) in [5, 5.41) is 6.57. The van der Waals surface area contributed by atoms with Crippen LogP contribution in [0.15, 0.2) is 34.6 Å². The number of hydrogen-bond donors (Lipinski definition) is 1. The maximum absolute atomic E-state index is 5.27. The van der Waals surface area contributed by atoms with Crippen molar-refractivity contribution in [1.29, 1.82) is 0 Å². The SMILES string of the molecule is CCNC(=NCCCc1cccc(OC)c1)N(C)Cc1csc(C)n1. The maximum atomic E-state index is 5.27. The Hall–Kier alpha value is -2.08. The van der Waals surface area contributed by atoms with Gasteiger partial charge in [0.15, 0.2) is 5.96 Å². The van der Waals surface area contributed by atoms with Gasteiger partial charge in [-0.1, -0.05) is 12.1 Å². The zero-order chi connectivity index (χ0) is 18.1. The van der Waals surface area contributed by atoms with Gasteiger partial charge in [-0.25, -0.2) is 4.98 Å². The van der Waals surface area contributed by atoms with Crippen molar-refractivity contribution in [3.05, 3.63) is 45.9 Å². The number of nitrogens with one attached hydrogen (secondary N) is 1. The second-order valence-electron chi connectivity index (χ2n) is 5.90. The van der Waals surface area contributed by atoms with Crippen molar-refractivity contribution in [3.8, 4) is 5.75 Å². The molecule has 0 aliphatic rings. The van der Waals surface area contributed by atoms with E-state index in [-0.39, 0.29) is 0 Å². The van der Waals surface area contributed by atoms with Gasteiger partial charge < -0.3 is 15.0 Å². The molecule has 0 unspecified atom stereocenters. The topological polar surface area (TPSA) is 49.8 Å². The molecule has 0 amide bonds. The van der Waals surface area contributed by atoms with Crippen molar-refractivity contribution in [1.82, 2.24) is 15.2 Å². The number of guanidine groups is 1. The Kier molecular flexibility index (Phi) is 7.73. The van der Waals surface area contributed by atoms with Crippen LogP contribution in [0.25, 0.3) is 0 Å². The molecule has 0 spiro atoms. The number of hydrogen-bond acceptors (Lipinski definition) is 4. The lowest BCUT2D eigenvalue weighted by Gasteiger charge is -2.21. The summed E-state index contributed by atoms with van der Waals surface area (Å²) in [6, 6.07) is 8.23. The fraction of sp³-hybridized carbons (Fsp3) is 0.474. The van der Waals surface area contributed by atoms with E-state index in [4.69, 9.17) is 9.73 Å². The monoisotopic (exact) mass is 360 g/mol. The summed E-state index contributed by atoms with van der Waals surface area (Å²) >= 11 is 1.69. The molecule has 136 valence electrons. The Bertz CT molecular complexity index is 684. The average molecular weight is 361 g/mol. The van der Waals surface area contributed by atoms with E-state index < -0.39 is 0 Å². The van der Waals surface area contributed by atoms with E-state index in [1.165, 1.54) is 5.56 Å². The van der Waals surface area contributed by atoms with Crippen LogP contribution >= 0.6 is 11.3 Å². The third-order valence-corrected chi connectivity index (χ3v) is 4.60. The van der Waals surface area contributed by atoms with Crippen LogP contribution < -0.4 is 10.1 Å². The minimum absolute atomic E-state index is 0.770. The van der Waals surface area contributed by atoms with Gasteiger partial charge in [-0.3, -0.25) is 4.99 Å². The molecule has 1 aromatic carbocycles. The molecule has 0 radical (unpaired) electrons. The number of nitrogens with zero attached hydrogens (tertiary/aromatic N) is 3. The summed E-state index contributed by atoms with van der Waals surface area (Å²) in [4.78, 5) is 11.4. The van der Waals surface area contributed by atoms with Crippen molar-refractivity contribution >= 4 is 17.3 Å². The molecule has 5 nitrogen and oxygen atoms in total. The van der Waals surface area contributed by atoms with E-state index >= 15 is 0 Å². The molecule has 0 atom stereocenters. The molecular weight excluding hydrogens is 332 g/mol. The van der Waals surface area contributed by atoms with E-state index in [1.54, 1.807) is 18.4 Å². The van der Waals surface area contributed by atoms with Gasteiger partial charge in [0, 0.05) is 25.5 Å². The number of rotatable bonds is 8. The van der Waals surface area contributed by atoms with Crippen molar-refractivity contribution in [2.24, 2.45) is 4.99 Å². The lowest BCUT2D eigenvalue weighted by Crippen LogP contribution is -2.38. The van der Waals surface area contributed by atoms with E-state index in [2.05, 4.69) is 46.7 Å². The fourth-order valence-corrected chi connectivity index (χ4v) is 3.17. The zero-order valence-corrected chi connectivity index (χ0v) is 16.4. The van der Waals surface area contributed by atoms with Crippen LogP contribution in [0.1, 0.15) is 29.6 Å². The van der Waals surface area contributed by atoms with Crippen LogP contribution in [0.4, 0.5) is 0 Å². The fourth-order valence-electron chi connectivity index (χ4n) is 2.56. The highest BCUT2D eigenvalue weighted by atomic mass is 32.1. The lowest BCUT2D eigenvalue weighted by atomic mass is 10.1. The molecule has 0 bridgehead atoms. The first-order valence-electron chi connectivity index (χ1n) is 8.65. The second kappa shape index (κ2) is 10.0. The standard InChI is InChI=1S/C19H28N4OS/c1-5-20-19(23(3)13-17-14-25-15(2)22-17)21-11-7-9-16-8-6-10-18(12-16)24-4/h6,8,10,12,14H,5,7,9,11,13H2,1-4H3,(H,20,21). The summed E-state index contributed by atoms with van der Waals surface area (Å²) in [6.07, 6.45) is 2.00. The molecule has 6 heteroatoms. The van der Waals surface area contributed by atoms with Gasteiger partial charge in [0.1, 0.15) is 5.75 Å². The minimum atomic E-state index is 0.770. The molecule has 2 aromatic rings. The average Bonchev–Trinajstić information content (AvgIpc) is 3.02. The normalized spacial score (nSPS) is 11.4. The number of benzene rings is 1. The van der Waals surface area contributed by atoms with Crippen molar-refractivity contribution < 1.29 is 4.74 Å². The van der Waals surface area contributed by atoms with E-state index in [0.29, 0.717) is 0 Å². The van der Waals surface area contributed by atoms with Crippen LogP contribution in [-0.2, 0) is 13.0 Å². The number of aryl methyl sites for hydroxylation is 2. The molecule has 0 aliphatic heterocycles. The number of aliphatic imine (C=N–C) groups is 1. The molecule has 1 heterocycles. The highest BCUT2D eigenvalue weighted by molar-refractivity contribution is 7.09. The summed E-state index contributed by atoms with van der Waals surface area (Å²) in [6.45, 7) is 6.54. The number of aromatic nitrogens is 1. The van der Waals surface area contributed by atoms with Gasteiger partial charge in [0.05, 0.1) is 24.4 Å². The van der Waals surface area contributed by atoms with E-state index in [0.717, 1.165) is 54.9 Å². The maximum Gasteiger partial charge on any atom is 0.194 e. The highest BCUT2D eigenvalue weighted by Crippen LogP contribution is 2.14. The summed E-state index contributed by atoms with van der Waals surface area (Å²) < 4.78 is 5.27. The first-order chi connectivity index (χ1) is 12.1. The van der Waals surface area contributed by atoms with Gasteiger partial charge >= 0.3 is 0 Å². The quantitative estimate of drug-likeness (QED) is 0.445. The van der Waals surface area contributed by atoms with Crippen LogP contribution in [0, 0.1) is 6.92 Å². The molecular formula is C19H28N4OS. The zero-order valence-electron chi connectivity index (χ0n) is 15.6. The largest absolute Gasteiger partial charge is 0.497 e. The van der Waals surface area contributed by atoms with Gasteiger partial charge in [-0.2, -0.15) is 0 Å². The Balaban J connectivity index is 1.87. The smallest absolute Gasteiger partial charge is 0.194 e. The van der Waals surface area contributed by atoms with Crippen LogP contribution in [0.2, 0.25) is 0 Å². The first-order valence-corrected chi connectivity index (χ1v) is 9.53. The van der Waals surface area contributed by atoms with E-state index in [1.807, 2.05) is 19.1 Å². The number of ether oxygens (including phenoxy) is 1. The Labute approximate surface area is 154 Å². The van der Waals surface area contributed by atoms with Crippen LogP contribution in [0.5, 0.6) is 5.75 Å². The molecule has 1 aromatic heterocycles. The van der Waals surface area contributed by atoms with E-state index in [9.17, 15) is 0 Å². The third-order valence-electron chi connectivity index (χ3n) is 3.78. The number of methoxy groups -OCH3 is 1. The summed E-state index contributed by atoms with van der Waals surface area (Å²) in [5.41, 5.74) is 2.37. The Morgan fingerprint density at radius 3 is 2.92 bits per heavy atom. The first kappa shape index (κ1) is 19.2. The molecule has 25 heavy (non-hydrogen) atoms. The van der Waals surface area contributed by atoms with Gasteiger partial charge in [-0.15, -0.1) is 11.3 Å². The lowest BCUT2D eigenvalue weighted by molar-refractivity contribution is 0.414. The van der Waals surface area contributed by atoms with Crippen molar-refractivity contribution in [3.63, 3.8) is 0 Å². The highest BCUT2D eigenvalue weighted by Gasteiger charge is 2.08.